The fourth-order valence-electron chi connectivity index (χ4n) is 2.86. The molecule has 1 aromatic carbocycles. The lowest BCUT2D eigenvalue weighted by molar-refractivity contribution is -0.137. The molecule has 0 radical (unpaired) electrons. The van der Waals surface area contributed by atoms with Gasteiger partial charge in [-0.05, 0) is 56.7 Å². The molecule has 1 aromatic rings. The summed E-state index contributed by atoms with van der Waals surface area (Å²) in [5, 5.41) is 3.56. The second kappa shape index (κ2) is 8.28. The smallest absolute Gasteiger partial charge is 0.159 e. The predicted octanol–water partition coefficient (Wildman–Crippen LogP) is 3.77. The summed E-state index contributed by atoms with van der Waals surface area (Å²) in [5.74, 6) is 0. The van der Waals surface area contributed by atoms with Crippen LogP contribution in [0.1, 0.15) is 44.2 Å². The molecule has 20 heavy (non-hydrogen) atoms. The third-order valence-electron chi connectivity index (χ3n) is 3.80. The number of hydrogen-bond donors (Lipinski definition) is 1. The largest absolute Gasteiger partial charge is 0.385 e. The molecule has 0 atom stereocenters. The number of nitrogens with one attached hydrogen (secondary N) is 1. The van der Waals surface area contributed by atoms with E-state index in [0.717, 1.165) is 13.0 Å². The molecule has 0 saturated carbocycles. The molecule has 3 nitrogen and oxygen atoms in total. The number of fused-ring (bicyclic) bond motifs is 1. The average Bonchev–Trinajstić information content (AvgIpc) is 2.48. The summed E-state index contributed by atoms with van der Waals surface area (Å²) in [7, 11) is 0. The minimum atomic E-state index is -0.0861. The van der Waals surface area contributed by atoms with Crippen LogP contribution in [0.3, 0.4) is 0 Å². The number of rotatable bonds is 8. The standard InChI is InChI=1S/C17H27NO2/c1-3-19-17(20-4-2)12-13-18-16-11-7-9-14-8-5-6-10-15(14)16/h7,9,11,17-18H,3-6,8,10,12-13H2,1-2H3. The van der Waals surface area contributed by atoms with Crippen molar-refractivity contribution in [1.82, 2.24) is 0 Å². The number of ether oxygens (including phenoxy) is 2. The Morgan fingerprint density at radius 3 is 2.60 bits per heavy atom. The van der Waals surface area contributed by atoms with Crippen molar-refractivity contribution in [3.63, 3.8) is 0 Å². The first-order valence-corrected chi connectivity index (χ1v) is 7.93. The highest BCUT2D eigenvalue weighted by molar-refractivity contribution is 5.55. The second-order valence-corrected chi connectivity index (χ2v) is 5.21. The third-order valence-corrected chi connectivity index (χ3v) is 3.80. The Kier molecular flexibility index (Phi) is 6.34. The summed E-state index contributed by atoms with van der Waals surface area (Å²) in [6, 6.07) is 6.62. The maximum atomic E-state index is 5.57. The van der Waals surface area contributed by atoms with E-state index in [1.54, 1.807) is 0 Å². The molecule has 0 heterocycles. The van der Waals surface area contributed by atoms with Crippen LogP contribution in [-0.4, -0.2) is 26.0 Å². The first-order chi connectivity index (χ1) is 9.85. The van der Waals surface area contributed by atoms with Crippen LogP contribution in [0, 0.1) is 0 Å². The molecule has 0 amide bonds. The Morgan fingerprint density at radius 1 is 1.10 bits per heavy atom. The number of hydrogen-bond acceptors (Lipinski definition) is 3. The number of aryl methyl sites for hydroxylation is 1. The molecular formula is C17H27NO2. The summed E-state index contributed by atoms with van der Waals surface area (Å²) in [6.45, 7) is 6.30. The zero-order valence-corrected chi connectivity index (χ0v) is 12.8. The molecule has 112 valence electrons. The van der Waals surface area contributed by atoms with Crippen LogP contribution in [0.4, 0.5) is 5.69 Å². The van der Waals surface area contributed by atoms with Gasteiger partial charge in [0, 0.05) is 31.9 Å². The van der Waals surface area contributed by atoms with Crippen LogP contribution in [0.5, 0.6) is 0 Å². The highest BCUT2D eigenvalue weighted by Crippen LogP contribution is 2.27. The van der Waals surface area contributed by atoms with E-state index in [-0.39, 0.29) is 6.29 Å². The Morgan fingerprint density at radius 2 is 1.85 bits per heavy atom. The summed E-state index contributed by atoms with van der Waals surface area (Å²) in [4.78, 5) is 0. The second-order valence-electron chi connectivity index (χ2n) is 5.21. The topological polar surface area (TPSA) is 30.5 Å². The van der Waals surface area contributed by atoms with E-state index in [1.165, 1.54) is 42.5 Å². The predicted molar refractivity (Wildman–Crippen MR) is 83.2 cm³/mol. The molecule has 3 heteroatoms. The molecule has 0 fully saturated rings. The van der Waals surface area contributed by atoms with Gasteiger partial charge in [-0.25, -0.2) is 0 Å². The van der Waals surface area contributed by atoms with Crippen molar-refractivity contribution in [2.24, 2.45) is 0 Å². The maximum absolute atomic E-state index is 5.57. The molecule has 0 unspecified atom stereocenters. The average molecular weight is 277 g/mol. The molecule has 0 saturated heterocycles. The van der Waals surface area contributed by atoms with Gasteiger partial charge in [-0.2, -0.15) is 0 Å². The first kappa shape index (κ1) is 15.3. The van der Waals surface area contributed by atoms with Gasteiger partial charge in [0.25, 0.3) is 0 Å². The van der Waals surface area contributed by atoms with Gasteiger partial charge in [0.1, 0.15) is 0 Å². The van der Waals surface area contributed by atoms with E-state index >= 15 is 0 Å². The van der Waals surface area contributed by atoms with Gasteiger partial charge in [-0.15, -0.1) is 0 Å². The normalized spacial score (nSPS) is 14.3. The van der Waals surface area contributed by atoms with Crippen LogP contribution < -0.4 is 5.32 Å². The zero-order valence-electron chi connectivity index (χ0n) is 12.8. The summed E-state index contributed by atoms with van der Waals surface area (Å²) in [6.07, 6.45) is 5.87. The van der Waals surface area contributed by atoms with Crippen LogP contribution in [-0.2, 0) is 22.3 Å². The molecule has 0 spiro atoms. The lowest BCUT2D eigenvalue weighted by Gasteiger charge is -2.21. The van der Waals surface area contributed by atoms with Crippen LogP contribution >= 0.6 is 0 Å². The molecule has 1 N–H and O–H groups in total. The number of benzene rings is 1. The minimum absolute atomic E-state index is 0.0861. The summed E-state index contributed by atoms with van der Waals surface area (Å²) < 4.78 is 11.1. The molecule has 0 bridgehead atoms. The van der Waals surface area contributed by atoms with E-state index in [0.29, 0.717) is 13.2 Å². The van der Waals surface area contributed by atoms with E-state index in [2.05, 4.69) is 23.5 Å². The zero-order chi connectivity index (χ0) is 14.2. The van der Waals surface area contributed by atoms with E-state index in [9.17, 15) is 0 Å². The number of anilines is 1. The fraction of sp³-hybridized carbons (Fsp3) is 0.647. The molecule has 0 aromatic heterocycles. The summed E-state index contributed by atoms with van der Waals surface area (Å²) >= 11 is 0. The van der Waals surface area contributed by atoms with Gasteiger partial charge in [0.15, 0.2) is 6.29 Å². The Balaban J connectivity index is 1.87. The van der Waals surface area contributed by atoms with Crippen molar-refractivity contribution in [1.29, 1.82) is 0 Å². The molecular weight excluding hydrogens is 250 g/mol. The van der Waals surface area contributed by atoms with Crippen molar-refractivity contribution in [3.8, 4) is 0 Å². The van der Waals surface area contributed by atoms with Crippen molar-refractivity contribution in [3.05, 3.63) is 29.3 Å². The molecule has 2 rings (SSSR count). The van der Waals surface area contributed by atoms with Crippen LogP contribution in [0.25, 0.3) is 0 Å². The lowest BCUT2D eigenvalue weighted by Crippen LogP contribution is -2.21. The monoisotopic (exact) mass is 277 g/mol. The van der Waals surface area contributed by atoms with Gasteiger partial charge < -0.3 is 14.8 Å². The minimum Gasteiger partial charge on any atom is -0.385 e. The van der Waals surface area contributed by atoms with E-state index < -0.39 is 0 Å². The van der Waals surface area contributed by atoms with Gasteiger partial charge >= 0.3 is 0 Å². The highest BCUT2D eigenvalue weighted by Gasteiger charge is 2.13. The van der Waals surface area contributed by atoms with Gasteiger partial charge in [-0.1, -0.05) is 12.1 Å². The Hall–Kier alpha value is -1.06. The quantitative estimate of drug-likeness (QED) is 0.734. The molecule has 1 aliphatic carbocycles. The van der Waals surface area contributed by atoms with Crippen molar-refractivity contribution >= 4 is 5.69 Å². The summed E-state index contributed by atoms with van der Waals surface area (Å²) in [5.41, 5.74) is 4.34. The van der Waals surface area contributed by atoms with Crippen LogP contribution in [0.15, 0.2) is 18.2 Å². The van der Waals surface area contributed by atoms with Gasteiger partial charge in [0.05, 0.1) is 0 Å². The Labute approximate surface area is 122 Å². The van der Waals surface area contributed by atoms with Crippen molar-refractivity contribution < 1.29 is 9.47 Å². The van der Waals surface area contributed by atoms with Crippen LogP contribution in [0.2, 0.25) is 0 Å². The SMILES string of the molecule is CCOC(CCNc1cccc2c1CCCC2)OCC. The molecule has 0 aliphatic heterocycles. The maximum Gasteiger partial charge on any atom is 0.159 e. The van der Waals surface area contributed by atoms with E-state index in [4.69, 9.17) is 9.47 Å². The van der Waals surface area contributed by atoms with E-state index in [1.807, 2.05) is 13.8 Å². The first-order valence-electron chi connectivity index (χ1n) is 7.93. The lowest BCUT2D eigenvalue weighted by atomic mass is 9.90. The fourth-order valence-corrected chi connectivity index (χ4v) is 2.86. The van der Waals surface area contributed by atoms with Crippen molar-refractivity contribution in [2.45, 2.75) is 52.2 Å². The molecule has 1 aliphatic rings. The Bertz CT molecular complexity index is 400. The van der Waals surface area contributed by atoms with Gasteiger partial charge in [0.2, 0.25) is 0 Å². The third kappa shape index (κ3) is 4.22. The highest BCUT2D eigenvalue weighted by atomic mass is 16.7. The van der Waals surface area contributed by atoms with Crippen molar-refractivity contribution in [2.75, 3.05) is 25.1 Å². The van der Waals surface area contributed by atoms with Gasteiger partial charge in [-0.3, -0.25) is 0 Å².